The Hall–Kier alpha value is -3.35. The average molecular weight is 479 g/mol. The molecule has 7 heteroatoms. The molecule has 35 heavy (non-hydrogen) atoms. The lowest BCUT2D eigenvalue weighted by Crippen LogP contribution is -2.54. The molecule has 0 aliphatic heterocycles. The molecule has 1 fully saturated rings. The summed E-state index contributed by atoms with van der Waals surface area (Å²) < 4.78 is 5.64. The first-order valence-electron chi connectivity index (χ1n) is 12.5. The lowest BCUT2D eigenvalue weighted by Gasteiger charge is -2.38. The van der Waals surface area contributed by atoms with Crippen LogP contribution in [0.2, 0.25) is 0 Å². The van der Waals surface area contributed by atoms with E-state index < -0.39 is 23.5 Å². The highest BCUT2D eigenvalue weighted by atomic mass is 16.5. The molecule has 0 heterocycles. The predicted octanol–water partition coefficient (Wildman–Crippen LogP) is 4.70. The van der Waals surface area contributed by atoms with Crippen LogP contribution in [-0.2, 0) is 14.3 Å². The quantitative estimate of drug-likeness (QED) is 0.510. The number of carbonyl (C=O) groups is 3. The first kappa shape index (κ1) is 24.8. The highest BCUT2D eigenvalue weighted by Crippen LogP contribution is 2.44. The zero-order valence-electron chi connectivity index (χ0n) is 20.4. The number of rotatable bonds is 8. The topological polar surface area (TPSA) is 105 Å². The molecule has 2 aliphatic carbocycles. The van der Waals surface area contributed by atoms with Gasteiger partial charge in [-0.25, -0.2) is 9.59 Å². The Bertz CT molecular complexity index is 1040. The minimum Gasteiger partial charge on any atom is -0.480 e. The van der Waals surface area contributed by atoms with Crippen molar-refractivity contribution in [2.75, 3.05) is 13.2 Å². The molecule has 7 nitrogen and oxygen atoms in total. The van der Waals surface area contributed by atoms with Gasteiger partial charge in [0.15, 0.2) is 0 Å². The molecule has 0 aromatic heterocycles. The fraction of sp³-hybridized carbons (Fsp3) is 0.464. The molecular weight excluding hydrogens is 444 g/mol. The largest absolute Gasteiger partial charge is 0.480 e. The van der Waals surface area contributed by atoms with Gasteiger partial charge in [0.05, 0.1) is 5.41 Å². The van der Waals surface area contributed by atoms with E-state index in [4.69, 9.17) is 4.74 Å². The Kier molecular flexibility index (Phi) is 7.43. The van der Waals surface area contributed by atoms with Crippen molar-refractivity contribution in [2.24, 2.45) is 11.3 Å². The zero-order chi connectivity index (χ0) is 25.0. The van der Waals surface area contributed by atoms with Crippen molar-refractivity contribution in [3.8, 4) is 11.1 Å². The molecule has 2 aliphatic rings. The van der Waals surface area contributed by atoms with Gasteiger partial charge in [0.1, 0.15) is 12.6 Å². The van der Waals surface area contributed by atoms with Gasteiger partial charge in [0.25, 0.3) is 0 Å². The summed E-state index contributed by atoms with van der Waals surface area (Å²) in [5, 5.41) is 14.9. The van der Waals surface area contributed by atoms with Gasteiger partial charge in [-0.15, -0.1) is 0 Å². The molecule has 0 saturated heterocycles. The van der Waals surface area contributed by atoms with Crippen LogP contribution >= 0.6 is 0 Å². The molecule has 4 rings (SSSR count). The summed E-state index contributed by atoms with van der Waals surface area (Å²) in [5.74, 6) is -0.907. The maximum Gasteiger partial charge on any atom is 0.407 e. The summed E-state index contributed by atoms with van der Waals surface area (Å²) in [6, 6.07) is 15.4. The number of nitrogens with one attached hydrogen (secondary N) is 2. The van der Waals surface area contributed by atoms with Crippen molar-refractivity contribution in [3.05, 3.63) is 59.7 Å². The van der Waals surface area contributed by atoms with E-state index in [-0.39, 0.29) is 25.0 Å². The summed E-state index contributed by atoms with van der Waals surface area (Å²) in [6.07, 6.45) is 2.63. The summed E-state index contributed by atoms with van der Waals surface area (Å²) >= 11 is 0. The number of hydrogen-bond donors (Lipinski definition) is 3. The van der Waals surface area contributed by atoms with Gasteiger partial charge in [0, 0.05) is 12.5 Å². The summed E-state index contributed by atoms with van der Waals surface area (Å²) in [7, 11) is 0. The minimum atomic E-state index is -1.05. The van der Waals surface area contributed by atoms with Crippen molar-refractivity contribution >= 4 is 18.0 Å². The third kappa shape index (κ3) is 5.19. The Morgan fingerprint density at radius 3 is 2.14 bits per heavy atom. The van der Waals surface area contributed by atoms with Gasteiger partial charge >= 0.3 is 12.1 Å². The van der Waals surface area contributed by atoms with Crippen LogP contribution in [-0.4, -0.2) is 42.3 Å². The number of amides is 2. The third-order valence-electron chi connectivity index (χ3n) is 7.64. The Morgan fingerprint density at radius 2 is 1.60 bits per heavy atom. The standard InChI is InChI=1S/C28H34N2O5/c1-3-24(25(31)32)30-26(33)28(14-12-18(2)13-15-28)17-29-27(34)35-16-23-21-10-6-4-8-19(21)20-9-5-7-11-22(20)23/h4-11,18,23-24H,3,12-17H2,1-2H3,(H,29,34)(H,30,33)(H,31,32)/t18?,24-,28?/m0/s1. The molecule has 1 atom stereocenters. The van der Waals surface area contributed by atoms with Crippen molar-refractivity contribution < 1.29 is 24.2 Å². The second kappa shape index (κ2) is 10.5. The van der Waals surface area contributed by atoms with Gasteiger partial charge < -0.3 is 20.5 Å². The highest BCUT2D eigenvalue weighted by Gasteiger charge is 2.42. The van der Waals surface area contributed by atoms with Crippen LogP contribution in [0.3, 0.4) is 0 Å². The number of aliphatic carboxylic acids is 1. The van der Waals surface area contributed by atoms with Gasteiger partial charge in [-0.05, 0) is 60.3 Å². The Morgan fingerprint density at radius 1 is 1.03 bits per heavy atom. The summed E-state index contributed by atoms with van der Waals surface area (Å²) in [6.45, 7) is 4.20. The van der Waals surface area contributed by atoms with Crippen LogP contribution in [0.5, 0.6) is 0 Å². The number of alkyl carbamates (subject to hydrolysis) is 1. The maximum absolute atomic E-state index is 13.2. The van der Waals surface area contributed by atoms with E-state index in [0.29, 0.717) is 25.2 Å². The van der Waals surface area contributed by atoms with E-state index in [0.717, 1.165) is 35.1 Å². The fourth-order valence-electron chi connectivity index (χ4n) is 5.34. The van der Waals surface area contributed by atoms with E-state index in [1.165, 1.54) is 0 Å². The molecule has 0 bridgehead atoms. The normalized spacial score (nSPS) is 21.9. The predicted molar refractivity (Wildman–Crippen MR) is 133 cm³/mol. The summed E-state index contributed by atoms with van der Waals surface area (Å²) in [4.78, 5) is 37.4. The van der Waals surface area contributed by atoms with E-state index in [1.54, 1.807) is 6.92 Å². The van der Waals surface area contributed by atoms with Crippen molar-refractivity contribution in [1.29, 1.82) is 0 Å². The van der Waals surface area contributed by atoms with Crippen LogP contribution in [0.15, 0.2) is 48.5 Å². The van der Waals surface area contributed by atoms with Gasteiger partial charge in [-0.2, -0.15) is 0 Å². The Labute approximate surface area is 206 Å². The Balaban J connectivity index is 1.41. The van der Waals surface area contributed by atoms with E-state index >= 15 is 0 Å². The van der Waals surface area contributed by atoms with Crippen molar-refractivity contribution in [3.63, 3.8) is 0 Å². The van der Waals surface area contributed by atoms with Crippen LogP contribution in [0.1, 0.15) is 63.0 Å². The number of carboxylic acids is 1. The SMILES string of the molecule is CC[C@H](NC(=O)C1(CNC(=O)OCC2c3ccccc3-c3ccccc32)CCC(C)CC1)C(=O)O. The first-order chi connectivity index (χ1) is 16.8. The number of benzene rings is 2. The van der Waals surface area contributed by atoms with Gasteiger partial charge in [-0.1, -0.05) is 62.4 Å². The number of ether oxygens (including phenoxy) is 1. The van der Waals surface area contributed by atoms with Crippen LogP contribution in [0, 0.1) is 11.3 Å². The van der Waals surface area contributed by atoms with E-state index in [1.807, 2.05) is 24.3 Å². The number of fused-ring (bicyclic) bond motifs is 3. The monoisotopic (exact) mass is 478 g/mol. The smallest absolute Gasteiger partial charge is 0.407 e. The zero-order valence-corrected chi connectivity index (χ0v) is 20.4. The third-order valence-corrected chi connectivity index (χ3v) is 7.64. The van der Waals surface area contributed by atoms with Gasteiger partial charge in [0.2, 0.25) is 5.91 Å². The average Bonchev–Trinajstić information content (AvgIpc) is 3.19. The van der Waals surface area contributed by atoms with Crippen molar-refractivity contribution in [1.82, 2.24) is 10.6 Å². The van der Waals surface area contributed by atoms with E-state index in [2.05, 4.69) is 41.8 Å². The van der Waals surface area contributed by atoms with Gasteiger partial charge in [-0.3, -0.25) is 4.79 Å². The fourth-order valence-corrected chi connectivity index (χ4v) is 5.34. The maximum atomic E-state index is 13.2. The number of hydrogen-bond acceptors (Lipinski definition) is 4. The molecule has 0 unspecified atom stereocenters. The van der Waals surface area contributed by atoms with Crippen molar-refractivity contribution in [2.45, 2.75) is 57.9 Å². The molecule has 0 radical (unpaired) electrons. The van der Waals surface area contributed by atoms with Crippen LogP contribution in [0.4, 0.5) is 4.79 Å². The molecule has 2 amide bonds. The van der Waals surface area contributed by atoms with Crippen LogP contribution in [0.25, 0.3) is 11.1 Å². The highest BCUT2D eigenvalue weighted by molar-refractivity contribution is 5.88. The summed E-state index contributed by atoms with van der Waals surface area (Å²) in [5.41, 5.74) is 3.76. The van der Waals surface area contributed by atoms with E-state index in [9.17, 15) is 19.5 Å². The molecular formula is C28H34N2O5. The second-order valence-electron chi connectivity index (χ2n) is 9.91. The number of carbonyl (C=O) groups excluding carboxylic acids is 2. The first-order valence-corrected chi connectivity index (χ1v) is 12.5. The molecule has 1 saturated carbocycles. The van der Waals surface area contributed by atoms with Crippen LogP contribution < -0.4 is 10.6 Å². The molecule has 3 N–H and O–H groups in total. The molecule has 2 aromatic carbocycles. The lowest BCUT2D eigenvalue weighted by atomic mass is 9.70. The second-order valence-corrected chi connectivity index (χ2v) is 9.91. The minimum absolute atomic E-state index is 0.0400. The lowest BCUT2D eigenvalue weighted by molar-refractivity contribution is -0.144. The molecule has 2 aromatic rings. The molecule has 0 spiro atoms. The number of carboxylic acid groups (broad SMARTS) is 1. The molecule has 186 valence electrons.